The van der Waals surface area contributed by atoms with Crippen molar-refractivity contribution in [2.75, 3.05) is 13.1 Å². The van der Waals surface area contributed by atoms with E-state index in [1.807, 2.05) is 23.1 Å². The lowest BCUT2D eigenvalue weighted by Crippen LogP contribution is -2.47. The van der Waals surface area contributed by atoms with Gasteiger partial charge in [0.1, 0.15) is 0 Å². The van der Waals surface area contributed by atoms with Crippen LogP contribution in [0.1, 0.15) is 56.9 Å². The van der Waals surface area contributed by atoms with Gasteiger partial charge in [-0.3, -0.25) is 9.59 Å². The Bertz CT molecular complexity index is 658. The molecule has 3 saturated heterocycles. The van der Waals surface area contributed by atoms with Crippen LogP contribution in [0.25, 0.3) is 0 Å². The van der Waals surface area contributed by atoms with Crippen LogP contribution in [0, 0.1) is 5.92 Å². The minimum Gasteiger partial charge on any atom is -0.353 e. The molecule has 28 heavy (non-hydrogen) atoms. The number of nitrogens with one attached hydrogen (secondary N) is 2. The van der Waals surface area contributed by atoms with Crippen LogP contribution in [0.2, 0.25) is 0 Å². The number of amides is 2. The molecule has 4 rings (SSSR count). The first-order chi connectivity index (χ1) is 13.7. The molecule has 5 heteroatoms. The standard InChI is InChI=1S/C23H33N3O2/c27-22(16-18-14-20-7-8-21(15-18)24-20)25-19-10-12-26(13-11-19)23(28)9-6-17-4-2-1-3-5-17/h1-5,18-21,24H,6-16H2,(H,25,27). The van der Waals surface area contributed by atoms with E-state index in [1.165, 1.54) is 18.4 Å². The Morgan fingerprint density at radius 3 is 2.36 bits per heavy atom. The fraction of sp³-hybridized carbons (Fsp3) is 0.652. The van der Waals surface area contributed by atoms with E-state index in [0.29, 0.717) is 30.8 Å². The first-order valence-electron chi connectivity index (χ1n) is 11.0. The highest BCUT2D eigenvalue weighted by molar-refractivity contribution is 5.77. The number of aryl methyl sites for hydroxylation is 1. The molecule has 2 N–H and O–H groups in total. The van der Waals surface area contributed by atoms with Crippen molar-refractivity contribution in [2.24, 2.45) is 5.92 Å². The van der Waals surface area contributed by atoms with Crippen molar-refractivity contribution < 1.29 is 9.59 Å². The predicted octanol–water partition coefficient (Wildman–Crippen LogP) is 2.65. The number of fused-ring (bicyclic) bond motifs is 2. The molecule has 2 atom stereocenters. The van der Waals surface area contributed by atoms with Crippen LogP contribution in [0.15, 0.2) is 30.3 Å². The third-order valence-electron chi connectivity index (χ3n) is 6.73. The van der Waals surface area contributed by atoms with Gasteiger partial charge in [0.15, 0.2) is 0 Å². The Labute approximate surface area is 168 Å². The Morgan fingerprint density at radius 1 is 1.00 bits per heavy atom. The van der Waals surface area contributed by atoms with E-state index in [2.05, 4.69) is 22.8 Å². The van der Waals surface area contributed by atoms with Crippen LogP contribution in [-0.2, 0) is 16.0 Å². The molecule has 2 amide bonds. The van der Waals surface area contributed by atoms with Gasteiger partial charge in [0.2, 0.25) is 11.8 Å². The molecule has 3 aliphatic heterocycles. The van der Waals surface area contributed by atoms with Crippen LogP contribution in [-0.4, -0.2) is 47.9 Å². The van der Waals surface area contributed by atoms with Crippen molar-refractivity contribution in [1.82, 2.24) is 15.5 Å². The molecule has 0 aromatic heterocycles. The van der Waals surface area contributed by atoms with Crippen molar-refractivity contribution in [3.05, 3.63) is 35.9 Å². The molecule has 152 valence electrons. The molecule has 1 aromatic rings. The van der Waals surface area contributed by atoms with Crippen LogP contribution >= 0.6 is 0 Å². The Hall–Kier alpha value is -1.88. The van der Waals surface area contributed by atoms with Gasteiger partial charge in [0, 0.05) is 44.1 Å². The normalized spacial score (nSPS) is 27.6. The number of likely N-dealkylation sites (tertiary alicyclic amines) is 1. The molecule has 0 saturated carbocycles. The van der Waals surface area contributed by atoms with Gasteiger partial charge in [-0.2, -0.15) is 0 Å². The first kappa shape index (κ1) is 19.4. The fourth-order valence-corrected chi connectivity index (χ4v) is 5.22. The van der Waals surface area contributed by atoms with Gasteiger partial charge in [-0.1, -0.05) is 30.3 Å². The van der Waals surface area contributed by atoms with Crippen LogP contribution < -0.4 is 10.6 Å². The fourth-order valence-electron chi connectivity index (χ4n) is 5.22. The van der Waals surface area contributed by atoms with Crippen LogP contribution in [0.4, 0.5) is 0 Å². The largest absolute Gasteiger partial charge is 0.353 e. The second kappa shape index (κ2) is 9.08. The summed E-state index contributed by atoms with van der Waals surface area (Å²) in [4.78, 5) is 26.9. The first-order valence-corrected chi connectivity index (χ1v) is 11.0. The van der Waals surface area contributed by atoms with Crippen molar-refractivity contribution in [3.63, 3.8) is 0 Å². The number of carbonyl (C=O) groups is 2. The van der Waals surface area contributed by atoms with Gasteiger partial charge in [-0.15, -0.1) is 0 Å². The molecule has 2 unspecified atom stereocenters. The number of nitrogens with zero attached hydrogens (tertiary/aromatic N) is 1. The molecule has 3 heterocycles. The molecular weight excluding hydrogens is 350 g/mol. The maximum atomic E-state index is 12.5. The molecule has 5 nitrogen and oxygen atoms in total. The van der Waals surface area contributed by atoms with E-state index in [-0.39, 0.29) is 17.9 Å². The summed E-state index contributed by atoms with van der Waals surface area (Å²) in [6, 6.07) is 11.7. The highest BCUT2D eigenvalue weighted by Gasteiger charge is 2.34. The van der Waals surface area contributed by atoms with E-state index in [9.17, 15) is 9.59 Å². The zero-order chi connectivity index (χ0) is 19.3. The molecule has 1 aromatic carbocycles. The highest BCUT2D eigenvalue weighted by Crippen LogP contribution is 2.32. The average Bonchev–Trinajstić information content (AvgIpc) is 3.05. The van der Waals surface area contributed by atoms with Gasteiger partial charge in [0.05, 0.1) is 0 Å². The Kier molecular flexibility index (Phi) is 6.30. The maximum absolute atomic E-state index is 12.5. The lowest BCUT2D eigenvalue weighted by molar-refractivity contribution is -0.132. The lowest BCUT2D eigenvalue weighted by Gasteiger charge is -2.33. The summed E-state index contributed by atoms with van der Waals surface area (Å²) in [5.41, 5.74) is 1.21. The van der Waals surface area contributed by atoms with Crippen LogP contribution in [0.3, 0.4) is 0 Å². The Morgan fingerprint density at radius 2 is 1.68 bits per heavy atom. The van der Waals surface area contributed by atoms with Crippen molar-refractivity contribution >= 4 is 11.8 Å². The molecule has 0 spiro atoms. The highest BCUT2D eigenvalue weighted by atomic mass is 16.2. The van der Waals surface area contributed by atoms with Gasteiger partial charge < -0.3 is 15.5 Å². The average molecular weight is 384 g/mol. The maximum Gasteiger partial charge on any atom is 0.222 e. The second-order valence-corrected chi connectivity index (χ2v) is 8.89. The number of carbonyl (C=O) groups excluding carboxylic acids is 2. The van der Waals surface area contributed by atoms with Gasteiger partial charge in [0.25, 0.3) is 0 Å². The zero-order valence-corrected chi connectivity index (χ0v) is 16.7. The molecule has 2 bridgehead atoms. The summed E-state index contributed by atoms with van der Waals surface area (Å²) in [6.45, 7) is 1.52. The molecule has 3 fully saturated rings. The third kappa shape index (κ3) is 5.13. The van der Waals surface area contributed by atoms with E-state index < -0.39 is 0 Å². The number of hydrogen-bond donors (Lipinski definition) is 2. The van der Waals surface area contributed by atoms with E-state index in [1.54, 1.807) is 0 Å². The SMILES string of the molecule is O=C(CC1CC2CCC(C1)N2)NC1CCN(C(=O)CCc2ccccc2)CC1. The molecular formula is C23H33N3O2. The van der Waals surface area contributed by atoms with Crippen molar-refractivity contribution in [2.45, 2.75) is 75.9 Å². The minimum atomic E-state index is 0.208. The van der Waals surface area contributed by atoms with Gasteiger partial charge in [-0.25, -0.2) is 0 Å². The monoisotopic (exact) mass is 383 g/mol. The lowest BCUT2D eigenvalue weighted by atomic mass is 9.89. The summed E-state index contributed by atoms with van der Waals surface area (Å²) >= 11 is 0. The Balaban J connectivity index is 1.15. The summed E-state index contributed by atoms with van der Waals surface area (Å²) in [6.07, 6.45) is 8.65. The number of benzene rings is 1. The second-order valence-electron chi connectivity index (χ2n) is 8.89. The van der Waals surface area contributed by atoms with Gasteiger partial charge >= 0.3 is 0 Å². The van der Waals surface area contributed by atoms with Crippen molar-refractivity contribution in [1.29, 1.82) is 0 Å². The van der Waals surface area contributed by atoms with E-state index in [4.69, 9.17) is 0 Å². The summed E-state index contributed by atoms with van der Waals surface area (Å²) in [5, 5.41) is 6.88. The van der Waals surface area contributed by atoms with Crippen LogP contribution in [0.5, 0.6) is 0 Å². The van der Waals surface area contributed by atoms with E-state index in [0.717, 1.165) is 45.2 Å². The quantitative estimate of drug-likeness (QED) is 0.794. The molecule has 0 radical (unpaired) electrons. The topological polar surface area (TPSA) is 61.4 Å². The number of piperidine rings is 2. The van der Waals surface area contributed by atoms with Gasteiger partial charge in [-0.05, 0) is 56.4 Å². The van der Waals surface area contributed by atoms with Crippen molar-refractivity contribution in [3.8, 4) is 0 Å². The smallest absolute Gasteiger partial charge is 0.222 e. The third-order valence-corrected chi connectivity index (χ3v) is 6.73. The van der Waals surface area contributed by atoms with E-state index >= 15 is 0 Å². The number of rotatable bonds is 6. The number of hydrogen-bond acceptors (Lipinski definition) is 3. The zero-order valence-electron chi connectivity index (χ0n) is 16.7. The summed E-state index contributed by atoms with van der Waals surface area (Å²) < 4.78 is 0. The molecule has 0 aliphatic carbocycles. The molecule has 3 aliphatic rings. The summed E-state index contributed by atoms with van der Waals surface area (Å²) in [7, 11) is 0. The minimum absolute atomic E-state index is 0.208. The summed E-state index contributed by atoms with van der Waals surface area (Å²) in [5.74, 6) is 0.984. The predicted molar refractivity (Wildman–Crippen MR) is 110 cm³/mol.